The van der Waals surface area contributed by atoms with Crippen LogP contribution in [0.1, 0.15) is 46.0 Å². The van der Waals surface area contributed by atoms with Crippen LogP contribution >= 0.6 is 11.6 Å². The van der Waals surface area contributed by atoms with Crippen LogP contribution in [0.4, 0.5) is 5.69 Å². The molecule has 1 amide bonds. The number of anilines is 1. The molecular weight excluding hydrogens is 340 g/mol. The highest BCUT2D eigenvalue weighted by atomic mass is 35.5. The highest BCUT2D eigenvalue weighted by Gasteiger charge is 2.22. The monoisotopic (exact) mass is 360 g/mol. The highest BCUT2D eigenvalue weighted by Crippen LogP contribution is 2.24. The molecule has 0 radical (unpaired) electrons. The lowest BCUT2D eigenvalue weighted by Gasteiger charge is -2.22. The number of hydrogen-bond donors (Lipinski definition) is 2. The molecule has 1 aliphatic rings. The Morgan fingerprint density at radius 2 is 2.08 bits per heavy atom. The van der Waals surface area contributed by atoms with Gasteiger partial charge < -0.3 is 15.1 Å². The quantitative estimate of drug-likeness (QED) is 0.876. The van der Waals surface area contributed by atoms with Crippen molar-refractivity contribution in [1.29, 1.82) is 0 Å². The maximum absolute atomic E-state index is 12.6. The van der Waals surface area contributed by atoms with Gasteiger partial charge in [-0.05, 0) is 62.6 Å². The van der Waals surface area contributed by atoms with Crippen LogP contribution in [0.3, 0.4) is 0 Å². The first kappa shape index (κ1) is 17.7. The first-order valence-corrected chi connectivity index (χ1v) is 8.76. The molecule has 0 spiro atoms. The molecule has 25 heavy (non-hydrogen) atoms. The SMILES string of the molecule is Cc1ccc(Cl)cc1NC(=O)c1c(C)cc(C2CCCNC2)oc1=O. The molecule has 5 nitrogen and oxygen atoms in total. The van der Waals surface area contributed by atoms with Crippen molar-refractivity contribution in [3.63, 3.8) is 0 Å². The number of halogens is 1. The van der Waals surface area contributed by atoms with Crippen molar-refractivity contribution in [2.75, 3.05) is 18.4 Å². The van der Waals surface area contributed by atoms with Crippen molar-refractivity contribution in [3.8, 4) is 0 Å². The topological polar surface area (TPSA) is 71.3 Å². The molecular formula is C19H21ClN2O3. The fraction of sp³-hybridized carbons (Fsp3) is 0.368. The average Bonchev–Trinajstić information content (AvgIpc) is 2.58. The minimum absolute atomic E-state index is 0.0342. The Morgan fingerprint density at radius 3 is 2.76 bits per heavy atom. The second-order valence-electron chi connectivity index (χ2n) is 6.45. The number of nitrogens with one attached hydrogen (secondary N) is 2. The summed E-state index contributed by atoms with van der Waals surface area (Å²) in [5.41, 5.74) is 1.50. The lowest BCUT2D eigenvalue weighted by Crippen LogP contribution is -2.30. The van der Waals surface area contributed by atoms with Crippen LogP contribution in [0.15, 0.2) is 33.5 Å². The third kappa shape index (κ3) is 3.94. The fourth-order valence-electron chi connectivity index (χ4n) is 3.12. The van der Waals surface area contributed by atoms with Gasteiger partial charge in [0.25, 0.3) is 5.91 Å². The molecule has 1 aliphatic heterocycles. The lowest BCUT2D eigenvalue weighted by atomic mass is 9.95. The summed E-state index contributed by atoms with van der Waals surface area (Å²) in [6.07, 6.45) is 2.02. The van der Waals surface area contributed by atoms with Gasteiger partial charge in [-0.2, -0.15) is 0 Å². The van der Waals surface area contributed by atoms with Gasteiger partial charge in [0.15, 0.2) is 0 Å². The fourth-order valence-corrected chi connectivity index (χ4v) is 3.29. The molecule has 1 saturated heterocycles. The van der Waals surface area contributed by atoms with Crippen molar-refractivity contribution in [1.82, 2.24) is 5.32 Å². The molecule has 0 aliphatic carbocycles. The van der Waals surface area contributed by atoms with Crippen LogP contribution in [-0.2, 0) is 0 Å². The molecule has 1 fully saturated rings. The first-order chi connectivity index (χ1) is 12.0. The molecule has 0 saturated carbocycles. The molecule has 1 aromatic carbocycles. The summed E-state index contributed by atoms with van der Waals surface area (Å²) in [5, 5.41) is 6.57. The van der Waals surface area contributed by atoms with E-state index in [1.165, 1.54) is 0 Å². The lowest BCUT2D eigenvalue weighted by molar-refractivity contribution is 0.102. The largest absolute Gasteiger partial charge is 0.427 e. The number of piperidine rings is 1. The van der Waals surface area contributed by atoms with E-state index in [9.17, 15) is 9.59 Å². The first-order valence-electron chi connectivity index (χ1n) is 8.38. The van der Waals surface area contributed by atoms with Crippen molar-refractivity contribution in [3.05, 3.63) is 62.2 Å². The summed E-state index contributed by atoms with van der Waals surface area (Å²) in [5.74, 6) is 0.336. The zero-order valence-electron chi connectivity index (χ0n) is 14.3. The number of carbonyl (C=O) groups is 1. The van der Waals surface area contributed by atoms with Gasteiger partial charge in [-0.25, -0.2) is 4.79 Å². The Labute approximate surface area is 151 Å². The van der Waals surface area contributed by atoms with E-state index in [1.807, 2.05) is 13.0 Å². The Bertz CT molecular complexity index is 854. The Hall–Kier alpha value is -2.11. The van der Waals surface area contributed by atoms with Crippen LogP contribution in [0.25, 0.3) is 0 Å². The number of hydrogen-bond acceptors (Lipinski definition) is 4. The molecule has 3 rings (SSSR count). The maximum Gasteiger partial charge on any atom is 0.349 e. The van der Waals surface area contributed by atoms with Crippen LogP contribution in [-0.4, -0.2) is 19.0 Å². The van der Waals surface area contributed by atoms with Crippen LogP contribution in [0, 0.1) is 13.8 Å². The Morgan fingerprint density at radius 1 is 1.28 bits per heavy atom. The normalized spacial score (nSPS) is 17.3. The zero-order chi connectivity index (χ0) is 18.0. The molecule has 2 heterocycles. The van der Waals surface area contributed by atoms with Gasteiger partial charge in [0.1, 0.15) is 11.3 Å². The molecule has 2 aromatic rings. The molecule has 6 heteroatoms. The number of carbonyl (C=O) groups excluding carboxylic acids is 1. The van der Waals surface area contributed by atoms with Gasteiger partial charge in [-0.3, -0.25) is 4.79 Å². The molecule has 1 aromatic heterocycles. The smallest absolute Gasteiger partial charge is 0.349 e. The van der Waals surface area contributed by atoms with E-state index >= 15 is 0 Å². The number of benzene rings is 1. The number of amides is 1. The predicted molar refractivity (Wildman–Crippen MR) is 98.7 cm³/mol. The summed E-state index contributed by atoms with van der Waals surface area (Å²) in [6, 6.07) is 7.03. The average molecular weight is 361 g/mol. The predicted octanol–water partition coefficient (Wildman–Crippen LogP) is 3.63. The standard InChI is InChI=1S/C19H21ClN2O3/c1-11-5-6-14(20)9-15(11)22-18(23)17-12(2)8-16(25-19(17)24)13-4-3-7-21-10-13/h5-6,8-9,13,21H,3-4,7,10H2,1-2H3,(H,22,23). The zero-order valence-corrected chi connectivity index (χ0v) is 15.1. The molecule has 1 atom stereocenters. The van der Waals surface area contributed by atoms with E-state index < -0.39 is 11.5 Å². The minimum atomic E-state index is -0.599. The summed E-state index contributed by atoms with van der Waals surface area (Å²) >= 11 is 5.98. The maximum atomic E-state index is 12.6. The molecule has 0 bridgehead atoms. The third-order valence-corrected chi connectivity index (χ3v) is 4.78. The summed E-state index contributed by atoms with van der Waals surface area (Å²) < 4.78 is 5.46. The van der Waals surface area contributed by atoms with Crippen LogP contribution in [0.5, 0.6) is 0 Å². The van der Waals surface area contributed by atoms with Gasteiger partial charge in [0.05, 0.1) is 0 Å². The number of aryl methyl sites for hydroxylation is 2. The highest BCUT2D eigenvalue weighted by molar-refractivity contribution is 6.31. The van der Waals surface area contributed by atoms with Crippen molar-refractivity contribution >= 4 is 23.2 Å². The van der Waals surface area contributed by atoms with Gasteiger partial charge in [-0.15, -0.1) is 0 Å². The summed E-state index contributed by atoms with van der Waals surface area (Å²) in [4.78, 5) is 25.0. The third-order valence-electron chi connectivity index (χ3n) is 4.54. The van der Waals surface area contributed by atoms with Crippen LogP contribution in [0.2, 0.25) is 5.02 Å². The Balaban J connectivity index is 1.87. The van der Waals surface area contributed by atoms with Gasteiger partial charge in [-0.1, -0.05) is 17.7 Å². The molecule has 1 unspecified atom stereocenters. The molecule has 132 valence electrons. The van der Waals surface area contributed by atoms with E-state index in [1.54, 1.807) is 25.1 Å². The minimum Gasteiger partial charge on any atom is -0.427 e. The van der Waals surface area contributed by atoms with Gasteiger partial charge >= 0.3 is 5.63 Å². The molecule has 2 N–H and O–H groups in total. The van der Waals surface area contributed by atoms with E-state index in [-0.39, 0.29) is 11.5 Å². The van der Waals surface area contributed by atoms with Crippen LogP contribution < -0.4 is 16.3 Å². The summed E-state index contributed by atoms with van der Waals surface area (Å²) in [6.45, 7) is 5.39. The number of rotatable bonds is 3. The van der Waals surface area contributed by atoms with E-state index in [2.05, 4.69) is 10.6 Å². The summed E-state index contributed by atoms with van der Waals surface area (Å²) in [7, 11) is 0. The Kier molecular flexibility index (Phi) is 5.25. The second-order valence-corrected chi connectivity index (χ2v) is 6.89. The second kappa shape index (κ2) is 7.42. The van der Waals surface area contributed by atoms with E-state index in [4.69, 9.17) is 16.0 Å². The van der Waals surface area contributed by atoms with Gasteiger partial charge in [0, 0.05) is 23.2 Å². The van der Waals surface area contributed by atoms with E-state index in [0.717, 1.165) is 31.5 Å². The van der Waals surface area contributed by atoms with E-state index in [0.29, 0.717) is 22.0 Å². The van der Waals surface area contributed by atoms with Gasteiger partial charge in [0.2, 0.25) is 0 Å². The van der Waals surface area contributed by atoms with Crippen molar-refractivity contribution in [2.24, 2.45) is 0 Å². The van der Waals surface area contributed by atoms with Crippen molar-refractivity contribution < 1.29 is 9.21 Å². The van der Waals surface area contributed by atoms with Crippen molar-refractivity contribution in [2.45, 2.75) is 32.6 Å².